The Bertz CT molecular complexity index is 1120. The van der Waals surface area contributed by atoms with Crippen molar-refractivity contribution >= 4 is 42.9 Å². The van der Waals surface area contributed by atoms with Crippen LogP contribution in [0, 0.1) is 0 Å². The average Bonchev–Trinajstić information content (AvgIpc) is 2.97. The van der Waals surface area contributed by atoms with Gasteiger partial charge in [-0.1, -0.05) is 43.2 Å². The van der Waals surface area contributed by atoms with Crippen LogP contribution in [0.15, 0.2) is 60.7 Å². The highest BCUT2D eigenvalue weighted by atomic mass is 35.5. The Hall–Kier alpha value is -2.39. The molecule has 0 saturated heterocycles. The highest BCUT2D eigenvalue weighted by molar-refractivity contribution is 5.86. The van der Waals surface area contributed by atoms with Crippen molar-refractivity contribution in [3.05, 3.63) is 82.9 Å². The van der Waals surface area contributed by atoms with Gasteiger partial charge in [-0.15, -0.1) is 37.2 Å². The molecule has 0 aliphatic heterocycles. The van der Waals surface area contributed by atoms with Crippen molar-refractivity contribution in [2.75, 3.05) is 53.2 Å². The molecule has 0 aromatic heterocycles. The molecule has 3 aromatic carbocycles. The molecule has 0 atom stereocenters. The third kappa shape index (κ3) is 15.3. The molecular weight excluding hydrogens is 609 g/mol. The summed E-state index contributed by atoms with van der Waals surface area (Å²) in [5.41, 5.74) is 11.7. The van der Waals surface area contributed by atoms with E-state index >= 15 is 0 Å². The SMILES string of the molecule is COc1cccc(CCc2c(CCNCCCCCCNCCc3ccc(N)cc3)ccc(OC)c2OC)c1.Cl.Cl.Cl.O. The van der Waals surface area contributed by atoms with Crippen LogP contribution in [0.1, 0.15) is 47.9 Å². The van der Waals surface area contributed by atoms with Crippen molar-refractivity contribution in [2.45, 2.75) is 51.4 Å². The van der Waals surface area contributed by atoms with Gasteiger partial charge < -0.3 is 36.1 Å². The van der Waals surface area contributed by atoms with Gasteiger partial charge in [0.2, 0.25) is 0 Å². The van der Waals surface area contributed by atoms with Crippen molar-refractivity contribution in [1.29, 1.82) is 0 Å². The highest BCUT2D eigenvalue weighted by Gasteiger charge is 2.15. The fourth-order valence-corrected chi connectivity index (χ4v) is 4.88. The first-order chi connectivity index (χ1) is 19.1. The quantitative estimate of drug-likeness (QED) is 0.107. The van der Waals surface area contributed by atoms with Crippen LogP contribution in [0.25, 0.3) is 0 Å². The number of hydrogen-bond donors (Lipinski definition) is 3. The van der Waals surface area contributed by atoms with Gasteiger partial charge in [0.25, 0.3) is 0 Å². The first kappa shape index (κ1) is 42.7. The summed E-state index contributed by atoms with van der Waals surface area (Å²) >= 11 is 0. The zero-order valence-corrected chi connectivity index (χ0v) is 28.2. The molecule has 3 rings (SSSR count). The van der Waals surface area contributed by atoms with E-state index in [1.165, 1.54) is 47.9 Å². The molecule has 0 heterocycles. The predicted molar refractivity (Wildman–Crippen MR) is 188 cm³/mol. The molecule has 0 bridgehead atoms. The lowest BCUT2D eigenvalue weighted by Crippen LogP contribution is -2.20. The number of nitrogens with one attached hydrogen (secondary N) is 2. The van der Waals surface area contributed by atoms with Gasteiger partial charge in [-0.25, -0.2) is 0 Å². The molecule has 0 radical (unpaired) electrons. The molecule has 7 nitrogen and oxygen atoms in total. The molecule has 0 fully saturated rings. The molecule has 0 spiro atoms. The second-order valence-electron chi connectivity index (χ2n) is 9.95. The van der Waals surface area contributed by atoms with E-state index < -0.39 is 0 Å². The summed E-state index contributed by atoms with van der Waals surface area (Å²) in [5.74, 6) is 2.52. The van der Waals surface area contributed by atoms with Crippen LogP contribution in [-0.4, -0.2) is 53.0 Å². The van der Waals surface area contributed by atoms with Crippen LogP contribution in [0.2, 0.25) is 0 Å². The van der Waals surface area contributed by atoms with Crippen LogP contribution in [0.5, 0.6) is 17.2 Å². The van der Waals surface area contributed by atoms with Gasteiger partial charge in [0, 0.05) is 11.3 Å². The summed E-state index contributed by atoms with van der Waals surface area (Å²) in [5, 5.41) is 7.19. The second-order valence-corrected chi connectivity index (χ2v) is 9.95. The third-order valence-corrected chi connectivity index (χ3v) is 7.14. The minimum absolute atomic E-state index is 0. The Morgan fingerprint density at radius 1 is 0.605 bits per heavy atom. The Morgan fingerprint density at radius 3 is 1.86 bits per heavy atom. The number of nitrogen functional groups attached to an aromatic ring is 1. The molecule has 0 saturated carbocycles. The topological polar surface area (TPSA) is 109 Å². The number of halogens is 3. The molecule has 3 aromatic rings. The molecule has 0 unspecified atom stereocenters. The van der Waals surface area contributed by atoms with Gasteiger partial charge in [0.15, 0.2) is 11.5 Å². The van der Waals surface area contributed by atoms with E-state index in [0.29, 0.717) is 0 Å². The van der Waals surface area contributed by atoms with E-state index in [2.05, 4.69) is 41.0 Å². The van der Waals surface area contributed by atoms with E-state index in [-0.39, 0.29) is 42.7 Å². The number of rotatable bonds is 19. The number of benzene rings is 3. The zero-order valence-electron chi connectivity index (χ0n) is 25.8. The first-order valence-electron chi connectivity index (χ1n) is 14.3. The van der Waals surface area contributed by atoms with Gasteiger partial charge in [0.1, 0.15) is 5.75 Å². The predicted octanol–water partition coefficient (Wildman–Crippen LogP) is 6.05. The second kappa shape index (κ2) is 25.0. The van der Waals surface area contributed by atoms with Crippen LogP contribution in [0.3, 0.4) is 0 Å². The first-order valence-corrected chi connectivity index (χ1v) is 14.3. The van der Waals surface area contributed by atoms with E-state index in [4.69, 9.17) is 19.9 Å². The monoisotopic (exact) mass is 659 g/mol. The smallest absolute Gasteiger partial charge is 0.164 e. The van der Waals surface area contributed by atoms with Crippen molar-refractivity contribution in [2.24, 2.45) is 0 Å². The summed E-state index contributed by atoms with van der Waals surface area (Å²) in [4.78, 5) is 0. The minimum atomic E-state index is 0. The van der Waals surface area contributed by atoms with Crippen LogP contribution < -0.4 is 30.6 Å². The van der Waals surface area contributed by atoms with Crippen molar-refractivity contribution in [3.8, 4) is 17.2 Å². The van der Waals surface area contributed by atoms with Gasteiger partial charge in [-0.2, -0.15) is 0 Å². The summed E-state index contributed by atoms with van der Waals surface area (Å²) in [6.45, 7) is 4.11. The Labute approximate surface area is 277 Å². The van der Waals surface area contributed by atoms with E-state index in [1.807, 2.05) is 30.3 Å². The lowest BCUT2D eigenvalue weighted by Gasteiger charge is -2.17. The molecule has 244 valence electrons. The molecule has 0 aliphatic carbocycles. The van der Waals surface area contributed by atoms with E-state index in [9.17, 15) is 0 Å². The number of ether oxygens (including phenoxy) is 3. The van der Waals surface area contributed by atoms with Crippen LogP contribution in [-0.2, 0) is 25.7 Å². The fraction of sp³-hybridized carbons (Fsp3) is 0.455. The standard InChI is InChI=1S/C33H47N3O3.3ClH.H2O/c1-37-30-10-8-9-27(25-30)13-17-31-28(14-18-32(38-2)33(31)39-3)20-24-36-22-7-5-4-6-21-35-23-19-26-11-15-29(34)16-12-26;;;;/h8-12,14-16,18,25,35-36H,4-7,13,17,19-24,34H2,1-3H3;3*1H;1H2. The number of nitrogens with two attached hydrogens (primary N) is 1. The lowest BCUT2D eigenvalue weighted by atomic mass is 9.96. The maximum Gasteiger partial charge on any atom is 0.164 e. The highest BCUT2D eigenvalue weighted by Crippen LogP contribution is 2.34. The summed E-state index contributed by atoms with van der Waals surface area (Å²) in [7, 11) is 5.13. The maximum absolute atomic E-state index is 5.80. The average molecular weight is 661 g/mol. The minimum Gasteiger partial charge on any atom is -0.497 e. The van der Waals surface area contributed by atoms with Crippen molar-refractivity contribution < 1.29 is 19.7 Å². The fourth-order valence-electron chi connectivity index (χ4n) is 4.88. The largest absolute Gasteiger partial charge is 0.497 e. The van der Waals surface area contributed by atoms with Crippen LogP contribution >= 0.6 is 37.2 Å². The Kier molecular flexibility index (Phi) is 24.8. The maximum atomic E-state index is 5.80. The molecule has 0 amide bonds. The lowest BCUT2D eigenvalue weighted by molar-refractivity contribution is 0.351. The number of hydrogen-bond acceptors (Lipinski definition) is 6. The summed E-state index contributed by atoms with van der Waals surface area (Å²) in [6.07, 6.45) is 8.77. The molecular formula is C33H52Cl3N3O4. The summed E-state index contributed by atoms with van der Waals surface area (Å²) < 4.78 is 16.8. The molecule has 0 aliphatic rings. The van der Waals surface area contributed by atoms with Crippen molar-refractivity contribution in [3.63, 3.8) is 0 Å². The molecule has 43 heavy (non-hydrogen) atoms. The van der Waals surface area contributed by atoms with Gasteiger partial charge in [-0.3, -0.25) is 0 Å². The van der Waals surface area contributed by atoms with E-state index in [0.717, 1.165) is 74.8 Å². The molecule has 10 heteroatoms. The number of aryl methyl sites for hydroxylation is 1. The van der Waals surface area contributed by atoms with Gasteiger partial charge >= 0.3 is 0 Å². The zero-order chi connectivity index (χ0) is 27.7. The van der Waals surface area contributed by atoms with Crippen LogP contribution in [0.4, 0.5) is 5.69 Å². The number of unbranched alkanes of at least 4 members (excludes halogenated alkanes) is 3. The van der Waals surface area contributed by atoms with Gasteiger partial charge in [-0.05, 0) is 112 Å². The number of anilines is 1. The Balaban J connectivity index is 0. The normalized spacial score (nSPS) is 9.93. The van der Waals surface area contributed by atoms with E-state index in [1.54, 1.807) is 21.3 Å². The molecule has 6 N–H and O–H groups in total. The third-order valence-electron chi connectivity index (χ3n) is 7.14. The Morgan fingerprint density at radius 2 is 1.26 bits per heavy atom. The summed E-state index contributed by atoms with van der Waals surface area (Å²) in [6, 6.07) is 20.6. The van der Waals surface area contributed by atoms with Gasteiger partial charge in [0.05, 0.1) is 21.3 Å². The number of methoxy groups -OCH3 is 3. The van der Waals surface area contributed by atoms with Crippen molar-refractivity contribution in [1.82, 2.24) is 10.6 Å².